The van der Waals surface area contributed by atoms with Crippen molar-refractivity contribution in [1.29, 1.82) is 0 Å². The molecule has 0 amide bonds. The predicted octanol–water partition coefficient (Wildman–Crippen LogP) is 10.5. The maximum absolute atomic E-state index is 4.56. The molecule has 0 radical (unpaired) electrons. The molecule has 4 aromatic heterocycles. The van der Waals surface area contributed by atoms with Crippen molar-refractivity contribution < 1.29 is 29.6 Å². The molecule has 528 valence electrons. The van der Waals surface area contributed by atoms with Gasteiger partial charge in [-0.15, -0.1) is 44.9 Å². The van der Waals surface area contributed by atoms with E-state index in [1.807, 2.05) is 80.8 Å². The number of tetrazole rings is 4. The fourth-order valence-corrected chi connectivity index (χ4v) is 14.5. The van der Waals surface area contributed by atoms with Gasteiger partial charge in [0.05, 0.1) is 28.7 Å². The van der Waals surface area contributed by atoms with Gasteiger partial charge >= 0.3 is 29.6 Å². The van der Waals surface area contributed by atoms with Crippen LogP contribution in [0.2, 0.25) is 0 Å². The van der Waals surface area contributed by atoms with E-state index in [2.05, 4.69) is 282 Å². The third kappa shape index (κ3) is 20.7. The predicted molar refractivity (Wildman–Crippen MR) is 400 cm³/mol. The molecule has 96 heavy (non-hydrogen) atoms. The molecule has 8 aromatic rings. The zero-order valence-corrected chi connectivity index (χ0v) is 66.2. The molecule has 21 nitrogen and oxygen atoms in total. The second-order valence-corrected chi connectivity index (χ2v) is 23.9. The van der Waals surface area contributed by atoms with Crippen LogP contribution in [0.1, 0.15) is 189 Å². The maximum Gasteiger partial charge on any atom is 1.00 e. The summed E-state index contributed by atoms with van der Waals surface area (Å²) >= 11 is 0. The van der Waals surface area contributed by atoms with E-state index in [4.69, 9.17) is 0 Å². The van der Waals surface area contributed by atoms with Crippen LogP contribution in [0.15, 0.2) is 121 Å². The number of likely N-dealkylation sites (tertiary alicyclic amines) is 4. The largest absolute Gasteiger partial charge is 1.00 e. The SMILES string of the molecule is C.CC.CC.CC.CC.CCN1CCC(c2ccccc2)(c2nn[nH]n2)C(C)C1.CCN1CCC(c2ccccc2)(c2nnn(C)n2)C(C)C1.CCN1CCC(c2ccccc2)(c2nnn(P)n2)C(C)C1.CCN1CCC(c2ccccc2)(c2nnnn2C)C(C)C1.CP.[NH2-].[Na+]. The van der Waals surface area contributed by atoms with Crippen LogP contribution in [-0.4, -0.2) is 186 Å². The number of nitrogens with zero attached hydrogens (tertiary/aromatic N) is 19. The van der Waals surface area contributed by atoms with E-state index >= 15 is 0 Å². The first kappa shape index (κ1) is 88.8. The van der Waals surface area contributed by atoms with E-state index < -0.39 is 0 Å². The van der Waals surface area contributed by atoms with Crippen LogP contribution < -0.4 is 29.6 Å². The number of H-pyrrole nitrogens is 1. The Hall–Kier alpha value is -5.18. The number of nitrogens with one attached hydrogen (secondary N) is 1. The Morgan fingerprint density at radius 2 is 0.750 bits per heavy atom. The summed E-state index contributed by atoms with van der Waals surface area (Å²) in [5.74, 6) is 5.34. The smallest absolute Gasteiger partial charge is 0.693 e. The van der Waals surface area contributed by atoms with Gasteiger partial charge in [0, 0.05) is 42.6 Å². The second kappa shape index (κ2) is 45.5. The van der Waals surface area contributed by atoms with Crippen molar-refractivity contribution >= 4 is 18.6 Å². The summed E-state index contributed by atoms with van der Waals surface area (Å²) < 4.78 is 3.32. The van der Waals surface area contributed by atoms with Gasteiger partial charge in [-0.2, -0.15) is 14.6 Å². The minimum atomic E-state index is -0.137. The van der Waals surface area contributed by atoms with Gasteiger partial charge in [-0.1, -0.05) is 251 Å². The molecular formula is C72H124N21NaP2. The van der Waals surface area contributed by atoms with Crippen molar-refractivity contribution in [2.24, 2.45) is 37.8 Å². The molecule has 0 saturated carbocycles. The summed E-state index contributed by atoms with van der Waals surface area (Å²) in [7, 11) is 8.66. The van der Waals surface area contributed by atoms with Gasteiger partial charge < -0.3 is 25.8 Å². The van der Waals surface area contributed by atoms with Crippen LogP contribution in [0.4, 0.5) is 0 Å². The molecule has 10 atom stereocenters. The number of rotatable bonds is 12. The van der Waals surface area contributed by atoms with Crippen molar-refractivity contribution in [2.75, 3.05) is 85.2 Å². The summed E-state index contributed by atoms with van der Waals surface area (Å²) in [5, 5.41) is 53.3. The minimum Gasteiger partial charge on any atom is -0.693 e. The molecule has 8 heterocycles. The van der Waals surface area contributed by atoms with Gasteiger partial charge in [0.1, 0.15) is 0 Å². The Balaban J connectivity index is 0.000000606. The average Bonchev–Trinajstić information content (AvgIpc) is 1.33. The van der Waals surface area contributed by atoms with Crippen LogP contribution in [0.3, 0.4) is 0 Å². The summed E-state index contributed by atoms with van der Waals surface area (Å²) in [5.41, 5.74) is 4.75. The number of benzene rings is 4. The Kier molecular flexibility index (Phi) is 42.1. The minimum absolute atomic E-state index is 0. The molecule has 3 N–H and O–H groups in total. The third-order valence-corrected chi connectivity index (χ3v) is 19.4. The van der Waals surface area contributed by atoms with Gasteiger partial charge in [-0.05, 0) is 145 Å². The maximum atomic E-state index is 4.56. The van der Waals surface area contributed by atoms with E-state index in [0.29, 0.717) is 23.7 Å². The molecule has 4 aliphatic rings. The topological polar surface area (TPSA) is 232 Å². The Labute approximate surface area is 606 Å². The summed E-state index contributed by atoms with van der Waals surface area (Å²) in [6.07, 6.45) is 4.16. The van der Waals surface area contributed by atoms with Crippen molar-refractivity contribution in [3.05, 3.63) is 173 Å². The monoisotopic (exact) mass is 1370 g/mol. The van der Waals surface area contributed by atoms with E-state index in [-0.39, 0.29) is 64.8 Å². The Bertz CT molecular complexity index is 3090. The zero-order valence-electron chi connectivity index (χ0n) is 61.9. The Morgan fingerprint density at radius 3 is 1.01 bits per heavy atom. The molecule has 12 rings (SSSR count). The summed E-state index contributed by atoms with van der Waals surface area (Å²) in [6.45, 7) is 49.0. The quantitative estimate of drug-likeness (QED) is 0.0885. The van der Waals surface area contributed by atoms with Crippen molar-refractivity contribution in [1.82, 2.24) is 101 Å². The van der Waals surface area contributed by atoms with E-state index in [9.17, 15) is 0 Å². The number of nitrogens with two attached hydrogens (primary N) is 1. The zero-order chi connectivity index (χ0) is 68.6. The van der Waals surface area contributed by atoms with Gasteiger partial charge in [0.2, 0.25) is 0 Å². The summed E-state index contributed by atoms with van der Waals surface area (Å²) in [4.78, 5) is 11.6. The van der Waals surface area contributed by atoms with E-state index in [1.165, 1.54) is 26.8 Å². The van der Waals surface area contributed by atoms with Crippen LogP contribution >= 0.6 is 18.6 Å². The molecule has 4 saturated heterocycles. The van der Waals surface area contributed by atoms with Crippen LogP contribution in [0, 0.1) is 23.7 Å². The van der Waals surface area contributed by atoms with Crippen LogP contribution in [0.5, 0.6) is 0 Å². The first-order valence-corrected chi connectivity index (χ1v) is 36.4. The fourth-order valence-electron chi connectivity index (χ4n) is 14.3. The molecule has 4 fully saturated rings. The van der Waals surface area contributed by atoms with Crippen molar-refractivity contribution in [3.8, 4) is 0 Å². The third-order valence-electron chi connectivity index (χ3n) is 19.2. The second-order valence-electron chi connectivity index (χ2n) is 23.4. The normalized spacial score (nSPS) is 23.7. The van der Waals surface area contributed by atoms with Crippen molar-refractivity contribution in [2.45, 2.75) is 166 Å². The van der Waals surface area contributed by atoms with Gasteiger partial charge in [0.25, 0.3) is 0 Å². The number of piperidine rings is 4. The van der Waals surface area contributed by atoms with E-state index in [1.54, 1.807) is 4.80 Å². The number of aryl methyl sites for hydroxylation is 2. The molecule has 24 heteroatoms. The Morgan fingerprint density at radius 1 is 0.438 bits per heavy atom. The van der Waals surface area contributed by atoms with Gasteiger partial charge in [-0.3, -0.25) is 0 Å². The molecule has 0 aliphatic carbocycles. The standard InChI is InChI=1S/2C16H23N5.C15H22N5P.C15H21N5.4C2H6.CH5P.CH4.H2N.Na/c1-4-21-11-10-16(13(2)12-21,14-8-6-5-7-9-14)15-17-18-19-20(15)3;1-4-21-11-10-16(13(2)12-21,14-8-6-5-7-9-14)15-17-19-20(3)18-15;1-3-19-10-9-15(12(2)11-19,13-7-5-4-6-8-13)14-16-18-20(21)17-14;1-3-20-10-9-15(12(2)11-20,14-16-18-19-17-14)13-7-5-4-6-8-13;5*1-2;;;/h2*5-9,13H,4,10-12H2,1-3H3;4-8,12H,3,9-11,21H2,1-2H3;4-8,12H,3,9-11H2,1-2H3,(H,16,17,18,19);4*1-2H3;2H2,1H3;1H4;1H2;/q;;;;;;;;;;-1;+1. The number of hydrogen-bond acceptors (Lipinski definition) is 16. The van der Waals surface area contributed by atoms with Crippen LogP contribution in [0.25, 0.3) is 6.15 Å². The molecule has 4 aromatic carbocycles. The number of aromatic nitrogens is 16. The van der Waals surface area contributed by atoms with Crippen LogP contribution in [-0.2, 0) is 35.8 Å². The number of aromatic amines is 1. The van der Waals surface area contributed by atoms with Gasteiger partial charge in [-0.25, -0.2) is 4.68 Å². The first-order chi connectivity index (χ1) is 45.3. The molecular weight excluding hydrogens is 1240 g/mol. The molecule has 0 bridgehead atoms. The average molecular weight is 1370 g/mol. The molecule has 10 unspecified atom stereocenters. The van der Waals surface area contributed by atoms with Gasteiger partial charge in [0.15, 0.2) is 23.3 Å². The summed E-state index contributed by atoms with van der Waals surface area (Å²) in [6, 6.07) is 42.7. The molecule has 0 spiro atoms. The van der Waals surface area contributed by atoms with E-state index in [0.717, 1.165) is 128 Å². The first-order valence-electron chi connectivity index (χ1n) is 34.7. The fraction of sp³-hybridized carbons (Fsp3) is 0.611. The van der Waals surface area contributed by atoms with Crippen molar-refractivity contribution in [3.63, 3.8) is 0 Å². The number of hydrogen-bond donors (Lipinski definition) is 1. The molecule has 4 aliphatic heterocycles.